The van der Waals surface area contributed by atoms with Crippen molar-refractivity contribution in [1.29, 1.82) is 0 Å². The lowest BCUT2D eigenvalue weighted by Crippen LogP contribution is -2.50. The van der Waals surface area contributed by atoms with E-state index in [-0.39, 0.29) is 24.3 Å². The molecule has 2 amide bonds. The summed E-state index contributed by atoms with van der Waals surface area (Å²) in [4.78, 5) is 29.1. The van der Waals surface area contributed by atoms with Crippen LogP contribution in [0.3, 0.4) is 0 Å². The molecule has 2 aromatic carbocycles. The quantitative estimate of drug-likeness (QED) is 0.610. The second-order valence-electron chi connectivity index (χ2n) is 9.14. The summed E-state index contributed by atoms with van der Waals surface area (Å²) >= 11 is 6.54. The highest BCUT2D eigenvalue weighted by molar-refractivity contribution is 6.34. The predicted molar refractivity (Wildman–Crippen MR) is 134 cm³/mol. The third-order valence-electron chi connectivity index (χ3n) is 5.81. The summed E-state index contributed by atoms with van der Waals surface area (Å²) in [5.74, 6) is 0.929. The van der Waals surface area contributed by atoms with Crippen LogP contribution in [0.4, 0.5) is 11.4 Å². The summed E-state index contributed by atoms with van der Waals surface area (Å²) in [6.07, 6.45) is 0. The Morgan fingerprint density at radius 3 is 2.39 bits per heavy atom. The molecule has 1 saturated heterocycles. The number of benzene rings is 2. The Morgan fingerprint density at radius 1 is 1.06 bits per heavy atom. The van der Waals surface area contributed by atoms with Crippen LogP contribution in [0.2, 0.25) is 5.02 Å². The zero-order chi connectivity index (χ0) is 24.1. The number of para-hydroxylation sites is 1. The minimum Gasteiger partial charge on any atom is -0.483 e. The third kappa shape index (κ3) is 6.20. The van der Waals surface area contributed by atoms with Crippen LogP contribution in [0.25, 0.3) is 0 Å². The van der Waals surface area contributed by atoms with Crippen LogP contribution in [0.1, 0.15) is 44.7 Å². The Balaban J connectivity index is 1.68. The van der Waals surface area contributed by atoms with E-state index >= 15 is 0 Å². The van der Waals surface area contributed by atoms with Crippen molar-refractivity contribution in [3.05, 3.63) is 52.5 Å². The molecule has 33 heavy (non-hydrogen) atoms. The smallest absolute Gasteiger partial charge is 0.262 e. The molecule has 1 fully saturated rings. The number of halogens is 1. The Bertz CT molecular complexity index is 998. The number of carbonyl (C=O) groups excluding carboxylic acids is 2. The first-order chi connectivity index (χ1) is 15.7. The standard InChI is InChI=1S/C26H34ClN3O3/c1-17(2)20-10-9-19(5)15-23(20)33-16-24(31)28-22-8-6-7-21(27)25(22)29-11-13-30(14-12-29)26(32)18(3)4/h6-10,15,17-18H,11-14,16H2,1-5H3,(H,28,31). The molecule has 0 radical (unpaired) electrons. The maximum atomic E-state index is 12.8. The number of anilines is 2. The fourth-order valence-corrected chi connectivity index (χ4v) is 4.32. The van der Waals surface area contributed by atoms with Gasteiger partial charge in [-0.25, -0.2) is 0 Å². The molecule has 0 saturated carbocycles. The van der Waals surface area contributed by atoms with Crippen molar-refractivity contribution in [3.63, 3.8) is 0 Å². The van der Waals surface area contributed by atoms with Crippen molar-refractivity contribution in [2.45, 2.75) is 40.5 Å². The average Bonchev–Trinajstić information content (AvgIpc) is 2.77. The van der Waals surface area contributed by atoms with Crippen LogP contribution in [0.5, 0.6) is 5.75 Å². The molecule has 3 rings (SSSR count). The van der Waals surface area contributed by atoms with Gasteiger partial charge in [0.25, 0.3) is 5.91 Å². The first-order valence-electron chi connectivity index (χ1n) is 11.5. The van der Waals surface area contributed by atoms with Crippen molar-refractivity contribution in [1.82, 2.24) is 4.90 Å². The van der Waals surface area contributed by atoms with Gasteiger partial charge in [0.2, 0.25) is 5.91 Å². The molecule has 0 spiro atoms. The van der Waals surface area contributed by atoms with Gasteiger partial charge < -0.3 is 19.9 Å². The summed E-state index contributed by atoms with van der Waals surface area (Å²) in [6.45, 7) is 12.5. The second-order valence-corrected chi connectivity index (χ2v) is 9.54. The van der Waals surface area contributed by atoms with Gasteiger partial charge in [-0.3, -0.25) is 9.59 Å². The Labute approximate surface area is 201 Å². The van der Waals surface area contributed by atoms with Crippen molar-refractivity contribution < 1.29 is 14.3 Å². The van der Waals surface area contributed by atoms with Crippen molar-refractivity contribution in [3.8, 4) is 5.75 Å². The fourth-order valence-electron chi connectivity index (χ4n) is 4.03. The summed E-state index contributed by atoms with van der Waals surface area (Å²) < 4.78 is 5.89. The molecule has 7 heteroatoms. The number of rotatable bonds is 7. The van der Waals surface area contributed by atoms with Crippen LogP contribution in [0, 0.1) is 12.8 Å². The molecule has 0 unspecified atom stereocenters. The lowest BCUT2D eigenvalue weighted by molar-refractivity contribution is -0.134. The maximum absolute atomic E-state index is 12.8. The summed E-state index contributed by atoms with van der Waals surface area (Å²) in [6, 6.07) is 11.5. The number of nitrogens with zero attached hydrogens (tertiary/aromatic N) is 2. The van der Waals surface area contributed by atoms with Crippen LogP contribution in [-0.4, -0.2) is 49.5 Å². The van der Waals surface area contributed by atoms with Crippen LogP contribution in [-0.2, 0) is 9.59 Å². The molecule has 1 N–H and O–H groups in total. The van der Waals surface area contributed by atoms with Crippen molar-refractivity contribution in [2.75, 3.05) is 43.0 Å². The normalized spacial score (nSPS) is 14.1. The summed E-state index contributed by atoms with van der Waals surface area (Å²) in [5, 5.41) is 3.53. The Kier molecular flexibility index (Phi) is 8.25. The highest BCUT2D eigenvalue weighted by atomic mass is 35.5. The molecule has 0 bridgehead atoms. The van der Waals surface area contributed by atoms with Gasteiger partial charge in [-0.05, 0) is 42.2 Å². The van der Waals surface area contributed by atoms with Crippen molar-refractivity contribution in [2.24, 2.45) is 5.92 Å². The van der Waals surface area contributed by atoms with Gasteiger partial charge in [0, 0.05) is 32.1 Å². The molecule has 0 atom stereocenters. The highest BCUT2D eigenvalue weighted by Crippen LogP contribution is 2.35. The van der Waals surface area contributed by atoms with Gasteiger partial charge >= 0.3 is 0 Å². The average molecular weight is 472 g/mol. The molecule has 1 aliphatic rings. The predicted octanol–water partition coefficient (Wildman–Crippen LogP) is 5.09. The molecule has 178 valence electrons. The number of piperazine rings is 1. The summed E-state index contributed by atoms with van der Waals surface area (Å²) in [5.41, 5.74) is 3.59. The van der Waals surface area contributed by atoms with E-state index in [0.717, 1.165) is 22.6 Å². The van der Waals surface area contributed by atoms with E-state index in [1.165, 1.54) is 0 Å². The number of nitrogens with one attached hydrogen (secondary N) is 1. The first kappa shape index (κ1) is 24.9. The van der Waals surface area contributed by atoms with E-state index < -0.39 is 0 Å². The molecule has 0 aliphatic carbocycles. The first-order valence-corrected chi connectivity index (χ1v) is 11.9. The lowest BCUT2D eigenvalue weighted by atomic mass is 10.0. The van der Waals surface area contributed by atoms with E-state index in [0.29, 0.717) is 42.8 Å². The van der Waals surface area contributed by atoms with Gasteiger partial charge in [0.05, 0.1) is 16.4 Å². The maximum Gasteiger partial charge on any atom is 0.262 e. The van der Waals surface area contributed by atoms with Crippen LogP contribution in [0.15, 0.2) is 36.4 Å². The SMILES string of the molecule is Cc1ccc(C(C)C)c(OCC(=O)Nc2cccc(Cl)c2N2CCN(C(=O)C(C)C)CC2)c1. The van der Waals surface area contributed by atoms with E-state index in [9.17, 15) is 9.59 Å². The van der Waals surface area contributed by atoms with Crippen LogP contribution < -0.4 is 15.0 Å². The van der Waals surface area contributed by atoms with Crippen molar-refractivity contribution >= 4 is 34.8 Å². The highest BCUT2D eigenvalue weighted by Gasteiger charge is 2.25. The summed E-state index contributed by atoms with van der Waals surface area (Å²) in [7, 11) is 0. The minimum atomic E-state index is -0.247. The van der Waals surface area contributed by atoms with Crippen LogP contribution >= 0.6 is 11.6 Å². The van der Waals surface area contributed by atoms with Gasteiger partial charge in [-0.2, -0.15) is 0 Å². The Hall–Kier alpha value is -2.73. The number of hydrogen-bond acceptors (Lipinski definition) is 4. The van der Waals surface area contributed by atoms with E-state index in [1.807, 2.05) is 56.0 Å². The second kappa shape index (κ2) is 10.9. The molecule has 1 heterocycles. The number of amides is 2. The van der Waals surface area contributed by atoms with Gasteiger partial charge in [-0.1, -0.05) is 57.5 Å². The molecule has 0 aromatic heterocycles. The van der Waals surface area contributed by atoms with Gasteiger partial charge in [-0.15, -0.1) is 0 Å². The third-order valence-corrected chi connectivity index (χ3v) is 6.12. The zero-order valence-electron chi connectivity index (χ0n) is 20.2. The number of carbonyl (C=O) groups is 2. The van der Waals surface area contributed by atoms with Gasteiger partial charge in [0.1, 0.15) is 5.75 Å². The number of aryl methyl sites for hydroxylation is 1. The Morgan fingerprint density at radius 2 is 1.76 bits per heavy atom. The number of hydrogen-bond donors (Lipinski definition) is 1. The molecular formula is C26H34ClN3O3. The molecule has 6 nitrogen and oxygen atoms in total. The number of ether oxygens (including phenoxy) is 1. The lowest BCUT2D eigenvalue weighted by Gasteiger charge is -2.38. The monoisotopic (exact) mass is 471 g/mol. The zero-order valence-corrected chi connectivity index (χ0v) is 20.9. The largest absolute Gasteiger partial charge is 0.483 e. The van der Waals surface area contributed by atoms with Gasteiger partial charge in [0.15, 0.2) is 6.61 Å². The topological polar surface area (TPSA) is 61.9 Å². The minimum absolute atomic E-state index is 0.0173. The molecular weight excluding hydrogens is 438 g/mol. The molecule has 1 aliphatic heterocycles. The fraction of sp³-hybridized carbons (Fsp3) is 0.462. The van der Waals surface area contributed by atoms with E-state index in [4.69, 9.17) is 16.3 Å². The van der Waals surface area contributed by atoms with E-state index in [1.54, 1.807) is 0 Å². The molecule has 2 aromatic rings. The van der Waals surface area contributed by atoms with E-state index in [2.05, 4.69) is 30.1 Å².